The minimum Gasteiger partial charge on any atom is -0.317 e. The molecule has 1 unspecified atom stereocenters. The van der Waals surface area contributed by atoms with Crippen LogP contribution >= 0.6 is 0 Å². The molecule has 1 aromatic rings. The Morgan fingerprint density at radius 1 is 1.05 bits per heavy atom. The van der Waals surface area contributed by atoms with E-state index < -0.39 is 0 Å². The van der Waals surface area contributed by atoms with Gasteiger partial charge in [0.25, 0.3) is 0 Å². The lowest BCUT2D eigenvalue weighted by Crippen LogP contribution is -2.30. The number of benzene rings is 1. The van der Waals surface area contributed by atoms with E-state index in [4.69, 9.17) is 0 Å². The molecule has 2 rings (SSSR count). The monoisotopic (exact) mass is 273 g/mol. The molecule has 0 aromatic heterocycles. The highest BCUT2D eigenvalue weighted by atomic mass is 14.9. The molecule has 1 aliphatic carbocycles. The third-order valence-corrected chi connectivity index (χ3v) is 5.10. The van der Waals surface area contributed by atoms with E-state index in [-0.39, 0.29) is 0 Å². The van der Waals surface area contributed by atoms with Crippen molar-refractivity contribution in [1.29, 1.82) is 0 Å². The highest BCUT2D eigenvalue weighted by Gasteiger charge is 2.18. The molecule has 0 amide bonds. The molecule has 0 spiro atoms. The molecular formula is C19H31N. The lowest BCUT2D eigenvalue weighted by Gasteiger charge is -2.24. The van der Waals surface area contributed by atoms with E-state index in [0.29, 0.717) is 6.04 Å². The highest BCUT2D eigenvalue weighted by Crippen LogP contribution is 2.27. The summed E-state index contributed by atoms with van der Waals surface area (Å²) in [4.78, 5) is 0. The summed E-state index contributed by atoms with van der Waals surface area (Å²) in [5, 5.41) is 3.57. The molecule has 112 valence electrons. The van der Waals surface area contributed by atoms with Gasteiger partial charge in [-0.1, -0.05) is 56.7 Å². The van der Waals surface area contributed by atoms with E-state index in [1.54, 1.807) is 5.56 Å². The van der Waals surface area contributed by atoms with Crippen molar-refractivity contribution in [2.45, 2.75) is 71.3 Å². The van der Waals surface area contributed by atoms with Crippen molar-refractivity contribution in [3.63, 3.8) is 0 Å². The zero-order valence-electron chi connectivity index (χ0n) is 13.5. The maximum absolute atomic E-state index is 3.57. The van der Waals surface area contributed by atoms with E-state index in [2.05, 4.69) is 44.4 Å². The molecule has 1 aliphatic rings. The summed E-state index contributed by atoms with van der Waals surface area (Å²) in [6, 6.07) is 7.31. The van der Waals surface area contributed by atoms with Gasteiger partial charge in [-0.15, -0.1) is 0 Å². The van der Waals surface area contributed by atoms with Crippen molar-refractivity contribution < 1.29 is 0 Å². The Bertz CT molecular complexity index is 382. The van der Waals surface area contributed by atoms with Crippen LogP contribution in [0.1, 0.15) is 61.6 Å². The normalized spacial score (nSPS) is 18.8. The molecule has 0 saturated heterocycles. The van der Waals surface area contributed by atoms with Crippen LogP contribution in [0.25, 0.3) is 0 Å². The number of hydrogen-bond acceptors (Lipinski definition) is 1. The van der Waals surface area contributed by atoms with Gasteiger partial charge >= 0.3 is 0 Å². The molecular weight excluding hydrogens is 242 g/mol. The Kier molecular flexibility index (Phi) is 6.09. The largest absolute Gasteiger partial charge is 0.317 e. The van der Waals surface area contributed by atoms with Gasteiger partial charge in [-0.3, -0.25) is 0 Å². The predicted molar refractivity (Wildman–Crippen MR) is 88.3 cm³/mol. The average Bonchev–Trinajstić information content (AvgIpc) is 2.70. The Balaban J connectivity index is 1.97. The van der Waals surface area contributed by atoms with Crippen LogP contribution in [0.2, 0.25) is 0 Å². The second-order valence-electron chi connectivity index (χ2n) is 6.65. The highest BCUT2D eigenvalue weighted by molar-refractivity contribution is 5.34. The third kappa shape index (κ3) is 4.34. The molecule has 0 bridgehead atoms. The number of hydrogen-bond donors (Lipinski definition) is 1. The van der Waals surface area contributed by atoms with E-state index in [0.717, 1.165) is 5.92 Å². The summed E-state index contributed by atoms with van der Waals surface area (Å²) < 4.78 is 0. The van der Waals surface area contributed by atoms with Crippen molar-refractivity contribution in [2.24, 2.45) is 5.92 Å². The van der Waals surface area contributed by atoms with Crippen molar-refractivity contribution in [3.8, 4) is 0 Å². The van der Waals surface area contributed by atoms with Crippen LogP contribution in [0.5, 0.6) is 0 Å². The summed E-state index contributed by atoms with van der Waals surface area (Å²) >= 11 is 0. The molecule has 1 fully saturated rings. The fourth-order valence-corrected chi connectivity index (χ4v) is 3.72. The first-order chi connectivity index (χ1) is 9.70. The van der Waals surface area contributed by atoms with E-state index in [1.807, 2.05) is 0 Å². The van der Waals surface area contributed by atoms with Crippen molar-refractivity contribution in [1.82, 2.24) is 5.32 Å². The van der Waals surface area contributed by atoms with Crippen LogP contribution in [0.3, 0.4) is 0 Å². The maximum atomic E-state index is 3.57. The molecule has 20 heavy (non-hydrogen) atoms. The molecule has 0 heterocycles. The molecule has 1 nitrogen and oxygen atoms in total. The summed E-state index contributed by atoms with van der Waals surface area (Å²) in [7, 11) is 2.13. The summed E-state index contributed by atoms with van der Waals surface area (Å²) in [6.07, 6.45) is 11.2. The van der Waals surface area contributed by atoms with Crippen LogP contribution in [0.15, 0.2) is 18.2 Å². The zero-order chi connectivity index (χ0) is 14.4. The second kappa shape index (κ2) is 7.83. The van der Waals surface area contributed by atoms with Gasteiger partial charge in [0.1, 0.15) is 0 Å². The number of likely N-dealkylation sites (N-methyl/N-ethyl adjacent to an activating group) is 1. The molecule has 0 aliphatic heterocycles. The van der Waals surface area contributed by atoms with Gasteiger partial charge in [0.2, 0.25) is 0 Å². The zero-order valence-corrected chi connectivity index (χ0v) is 13.5. The van der Waals surface area contributed by atoms with Crippen LogP contribution in [0.4, 0.5) is 0 Å². The number of aryl methyl sites for hydroxylation is 2. The van der Waals surface area contributed by atoms with Crippen LogP contribution in [-0.4, -0.2) is 13.1 Å². The second-order valence-corrected chi connectivity index (χ2v) is 6.65. The Morgan fingerprint density at radius 3 is 2.20 bits per heavy atom. The Hall–Kier alpha value is -0.820. The van der Waals surface area contributed by atoms with Crippen LogP contribution in [0, 0.1) is 19.8 Å². The molecule has 1 N–H and O–H groups in total. The molecule has 1 atom stereocenters. The standard InChI is InChI=1S/C19H31N/c1-15-9-8-10-16(2)19(15)14-18(20-3)13-17-11-6-4-5-7-12-17/h8-10,17-18,20H,4-7,11-14H2,1-3H3. The van der Waals surface area contributed by atoms with Crippen molar-refractivity contribution >= 4 is 0 Å². The molecule has 1 aromatic carbocycles. The first-order valence-corrected chi connectivity index (χ1v) is 8.43. The van der Waals surface area contributed by atoms with Gasteiger partial charge in [-0.2, -0.15) is 0 Å². The lowest BCUT2D eigenvalue weighted by molar-refractivity contribution is 0.361. The fraction of sp³-hybridized carbons (Fsp3) is 0.684. The SMILES string of the molecule is CNC(Cc1c(C)cccc1C)CC1CCCCCC1. The van der Waals surface area contributed by atoms with Crippen LogP contribution in [-0.2, 0) is 6.42 Å². The van der Waals surface area contributed by atoms with Gasteiger partial charge in [0, 0.05) is 6.04 Å². The fourth-order valence-electron chi connectivity index (χ4n) is 3.72. The quantitative estimate of drug-likeness (QED) is 0.760. The van der Waals surface area contributed by atoms with Gasteiger partial charge in [-0.25, -0.2) is 0 Å². The summed E-state index contributed by atoms with van der Waals surface area (Å²) in [6.45, 7) is 4.50. The van der Waals surface area contributed by atoms with E-state index in [1.165, 1.54) is 62.5 Å². The minimum atomic E-state index is 0.637. The van der Waals surface area contributed by atoms with Gasteiger partial charge < -0.3 is 5.32 Å². The Morgan fingerprint density at radius 2 is 1.65 bits per heavy atom. The lowest BCUT2D eigenvalue weighted by atomic mass is 9.88. The molecule has 1 heteroatoms. The summed E-state index contributed by atoms with van der Waals surface area (Å²) in [5.74, 6) is 0.944. The Labute approximate surface area is 125 Å². The predicted octanol–water partition coefficient (Wildman–Crippen LogP) is 4.79. The number of nitrogens with one attached hydrogen (secondary N) is 1. The maximum Gasteiger partial charge on any atom is 0.0107 e. The molecule has 0 radical (unpaired) electrons. The number of rotatable bonds is 5. The topological polar surface area (TPSA) is 12.0 Å². The first kappa shape index (κ1) is 15.6. The van der Waals surface area contributed by atoms with Crippen molar-refractivity contribution in [3.05, 3.63) is 34.9 Å². The molecule has 1 saturated carbocycles. The van der Waals surface area contributed by atoms with Gasteiger partial charge in [0.15, 0.2) is 0 Å². The van der Waals surface area contributed by atoms with E-state index in [9.17, 15) is 0 Å². The first-order valence-electron chi connectivity index (χ1n) is 8.43. The smallest absolute Gasteiger partial charge is 0.0107 e. The van der Waals surface area contributed by atoms with Crippen LogP contribution < -0.4 is 5.32 Å². The van der Waals surface area contributed by atoms with E-state index >= 15 is 0 Å². The minimum absolute atomic E-state index is 0.637. The average molecular weight is 273 g/mol. The van der Waals surface area contributed by atoms with Crippen molar-refractivity contribution in [2.75, 3.05) is 7.05 Å². The summed E-state index contributed by atoms with van der Waals surface area (Å²) in [5.41, 5.74) is 4.46. The third-order valence-electron chi connectivity index (χ3n) is 5.10. The van der Waals surface area contributed by atoms with Gasteiger partial charge in [0.05, 0.1) is 0 Å². The van der Waals surface area contributed by atoms with Gasteiger partial charge in [-0.05, 0) is 56.3 Å².